The van der Waals surface area contributed by atoms with Crippen LogP contribution in [0, 0.1) is 11.3 Å². The first-order valence-electron chi connectivity index (χ1n) is 12.2. The fourth-order valence-electron chi connectivity index (χ4n) is 5.02. The summed E-state index contributed by atoms with van der Waals surface area (Å²) in [6, 6.07) is 17.1. The first kappa shape index (κ1) is 24.8. The van der Waals surface area contributed by atoms with Crippen molar-refractivity contribution < 1.29 is 24.1 Å². The van der Waals surface area contributed by atoms with Gasteiger partial charge in [-0.1, -0.05) is 12.1 Å². The van der Waals surface area contributed by atoms with Crippen LogP contribution in [0.2, 0.25) is 0 Å². The lowest BCUT2D eigenvalue weighted by Gasteiger charge is -2.40. The van der Waals surface area contributed by atoms with Crippen LogP contribution in [0.1, 0.15) is 42.9 Å². The molecule has 2 bridgehead atoms. The van der Waals surface area contributed by atoms with Gasteiger partial charge in [-0.25, -0.2) is 4.79 Å². The molecule has 2 aromatic carbocycles. The van der Waals surface area contributed by atoms with E-state index in [4.69, 9.17) is 19.5 Å². The maximum absolute atomic E-state index is 12.4. The van der Waals surface area contributed by atoms with Gasteiger partial charge in [0.1, 0.15) is 24.2 Å². The molecule has 2 fully saturated rings. The molecule has 8 nitrogen and oxygen atoms in total. The highest BCUT2D eigenvalue weighted by Gasteiger charge is 2.41. The smallest absolute Gasteiger partial charge is 0.409 e. The summed E-state index contributed by atoms with van der Waals surface area (Å²) in [4.78, 5) is 16.7. The Kier molecular flexibility index (Phi) is 8.45. The van der Waals surface area contributed by atoms with E-state index in [9.17, 15) is 9.90 Å². The normalized spacial score (nSPS) is 20.3. The highest BCUT2D eigenvalue weighted by molar-refractivity contribution is 5.68. The third-order valence-corrected chi connectivity index (χ3v) is 6.81. The van der Waals surface area contributed by atoms with Gasteiger partial charge in [0.25, 0.3) is 0 Å². The van der Waals surface area contributed by atoms with Gasteiger partial charge >= 0.3 is 6.09 Å². The number of likely N-dealkylation sites (tertiary alicyclic amines) is 1. The molecule has 3 unspecified atom stereocenters. The average molecular weight is 480 g/mol. The highest BCUT2D eigenvalue weighted by Crippen LogP contribution is 2.32. The maximum atomic E-state index is 12.4. The van der Waals surface area contributed by atoms with Gasteiger partial charge in [0.15, 0.2) is 0 Å². The van der Waals surface area contributed by atoms with Crippen molar-refractivity contribution in [3.8, 4) is 17.6 Å². The van der Waals surface area contributed by atoms with E-state index in [-0.39, 0.29) is 24.6 Å². The third-order valence-electron chi connectivity index (χ3n) is 6.81. The van der Waals surface area contributed by atoms with Crippen molar-refractivity contribution in [2.24, 2.45) is 0 Å². The van der Waals surface area contributed by atoms with Gasteiger partial charge in [0, 0.05) is 32.3 Å². The second-order valence-electron chi connectivity index (χ2n) is 9.11. The molecule has 4 rings (SSSR count). The van der Waals surface area contributed by atoms with Crippen LogP contribution in [0.5, 0.6) is 11.5 Å². The molecule has 0 saturated carbocycles. The van der Waals surface area contributed by atoms with E-state index < -0.39 is 0 Å². The van der Waals surface area contributed by atoms with Crippen LogP contribution >= 0.6 is 0 Å². The van der Waals surface area contributed by atoms with Gasteiger partial charge in [0.05, 0.1) is 18.2 Å². The van der Waals surface area contributed by atoms with Crippen molar-refractivity contribution in [3.63, 3.8) is 0 Å². The molecule has 1 N–H and O–H groups in total. The number of fused-ring (bicyclic) bond motifs is 2. The highest BCUT2D eigenvalue weighted by atomic mass is 16.6. The maximum Gasteiger partial charge on any atom is 0.409 e. The molecular formula is C27H33N3O5. The molecule has 1 amide bonds. The number of phenolic OH excluding ortho intramolecular Hbond substituents is 1. The van der Waals surface area contributed by atoms with Gasteiger partial charge in [-0.15, -0.1) is 0 Å². The molecule has 0 aromatic heterocycles. The molecule has 186 valence electrons. The summed E-state index contributed by atoms with van der Waals surface area (Å²) >= 11 is 0. The van der Waals surface area contributed by atoms with E-state index in [2.05, 4.69) is 11.0 Å². The Bertz CT molecular complexity index is 991. The summed E-state index contributed by atoms with van der Waals surface area (Å²) < 4.78 is 16.6. The lowest BCUT2D eigenvalue weighted by Crippen LogP contribution is -2.55. The zero-order chi connectivity index (χ0) is 24.6. The van der Waals surface area contributed by atoms with Crippen molar-refractivity contribution in [3.05, 3.63) is 59.7 Å². The first-order valence-corrected chi connectivity index (χ1v) is 12.2. The van der Waals surface area contributed by atoms with Crippen LogP contribution in [0.15, 0.2) is 48.5 Å². The predicted octanol–water partition coefficient (Wildman–Crippen LogP) is 4.10. The Morgan fingerprint density at radius 1 is 1.09 bits per heavy atom. The molecule has 2 saturated heterocycles. The van der Waals surface area contributed by atoms with E-state index >= 15 is 0 Å². The summed E-state index contributed by atoms with van der Waals surface area (Å²) in [5.74, 6) is 0.891. The molecule has 0 spiro atoms. The number of methoxy groups -OCH3 is 1. The van der Waals surface area contributed by atoms with E-state index in [0.717, 1.165) is 37.8 Å². The number of benzene rings is 2. The molecule has 2 aliphatic rings. The standard InChI is InChI=1S/C27H33N3O5/c1-33-15-16-34-27(32)29-18-22-8-9-23(19-29)30(22)14-2-3-26(21-6-4-20(17-28)5-7-21)35-25-12-10-24(31)11-13-25/h4-7,10-13,22-23,26,31H,2-3,8-9,14-16,18-19H2,1H3. The third kappa shape index (κ3) is 6.44. The number of amides is 1. The van der Waals surface area contributed by atoms with Crippen LogP contribution in [-0.2, 0) is 9.47 Å². The molecule has 0 radical (unpaired) electrons. The number of carbonyl (C=O) groups excluding carboxylic acids is 1. The van der Waals surface area contributed by atoms with E-state index in [1.54, 1.807) is 31.4 Å². The van der Waals surface area contributed by atoms with Crippen LogP contribution in [0.25, 0.3) is 0 Å². The molecular weight excluding hydrogens is 446 g/mol. The average Bonchev–Trinajstić information content (AvgIpc) is 3.11. The van der Waals surface area contributed by atoms with Crippen molar-refractivity contribution in [1.82, 2.24) is 9.80 Å². The fraction of sp³-hybridized carbons (Fsp3) is 0.481. The fourth-order valence-corrected chi connectivity index (χ4v) is 5.02. The summed E-state index contributed by atoms with van der Waals surface area (Å²) in [7, 11) is 1.59. The number of rotatable bonds is 10. The van der Waals surface area contributed by atoms with Crippen molar-refractivity contribution in [2.45, 2.75) is 43.9 Å². The van der Waals surface area contributed by atoms with E-state index in [0.29, 0.717) is 43.1 Å². The van der Waals surface area contributed by atoms with Gasteiger partial charge in [0.2, 0.25) is 0 Å². The lowest BCUT2D eigenvalue weighted by atomic mass is 10.0. The van der Waals surface area contributed by atoms with Gasteiger partial charge in [-0.2, -0.15) is 5.26 Å². The molecule has 2 aromatic rings. The van der Waals surface area contributed by atoms with Gasteiger partial charge in [-0.05, 0) is 74.2 Å². The number of phenols is 1. The summed E-state index contributed by atoms with van der Waals surface area (Å²) in [5, 5.41) is 18.7. The number of hydrogen-bond acceptors (Lipinski definition) is 7. The largest absolute Gasteiger partial charge is 0.508 e. The van der Waals surface area contributed by atoms with Gasteiger partial charge < -0.3 is 24.2 Å². The topological polar surface area (TPSA) is 95.3 Å². The molecule has 2 aliphatic heterocycles. The number of ether oxygens (including phenoxy) is 3. The lowest BCUT2D eigenvalue weighted by molar-refractivity contribution is 0.0331. The molecule has 35 heavy (non-hydrogen) atoms. The Labute approximate surface area is 206 Å². The Morgan fingerprint density at radius 2 is 1.77 bits per heavy atom. The SMILES string of the molecule is COCCOC(=O)N1CC2CCC(C1)N2CCCC(Oc1ccc(O)cc1)c1ccc(C#N)cc1. The molecule has 3 atom stereocenters. The molecule has 8 heteroatoms. The van der Waals surface area contributed by atoms with Crippen molar-refractivity contribution >= 4 is 6.09 Å². The first-order chi connectivity index (χ1) is 17.1. The predicted molar refractivity (Wildman–Crippen MR) is 130 cm³/mol. The Hall–Kier alpha value is -3.28. The van der Waals surface area contributed by atoms with Crippen LogP contribution < -0.4 is 4.74 Å². The van der Waals surface area contributed by atoms with Crippen LogP contribution in [0.4, 0.5) is 4.79 Å². The number of hydrogen-bond donors (Lipinski definition) is 1. The second-order valence-corrected chi connectivity index (χ2v) is 9.11. The second kappa shape index (κ2) is 11.9. The van der Waals surface area contributed by atoms with Crippen molar-refractivity contribution in [1.29, 1.82) is 5.26 Å². The number of piperazine rings is 1. The quantitative estimate of drug-likeness (QED) is 0.513. The number of nitriles is 1. The monoisotopic (exact) mass is 479 g/mol. The van der Waals surface area contributed by atoms with Crippen LogP contribution in [0.3, 0.4) is 0 Å². The minimum Gasteiger partial charge on any atom is -0.508 e. The minimum absolute atomic E-state index is 0.165. The summed E-state index contributed by atoms with van der Waals surface area (Å²) in [6.45, 7) is 3.03. The minimum atomic E-state index is -0.248. The molecule has 0 aliphatic carbocycles. The van der Waals surface area contributed by atoms with Crippen molar-refractivity contribution in [2.75, 3.05) is 40.0 Å². The van der Waals surface area contributed by atoms with E-state index in [1.807, 2.05) is 29.2 Å². The number of aromatic hydroxyl groups is 1. The zero-order valence-electron chi connectivity index (χ0n) is 20.1. The Morgan fingerprint density at radius 3 is 2.40 bits per heavy atom. The van der Waals surface area contributed by atoms with Crippen LogP contribution in [-0.4, -0.2) is 73.0 Å². The zero-order valence-corrected chi connectivity index (χ0v) is 20.1. The number of carbonyl (C=O) groups is 1. The Balaban J connectivity index is 1.34. The molecule has 2 heterocycles. The summed E-state index contributed by atoms with van der Waals surface area (Å²) in [6.07, 6.45) is 3.52. The van der Waals surface area contributed by atoms with Gasteiger partial charge in [-0.3, -0.25) is 4.90 Å². The number of nitrogens with zero attached hydrogens (tertiary/aromatic N) is 3. The van der Waals surface area contributed by atoms with E-state index in [1.165, 1.54) is 0 Å². The summed E-state index contributed by atoms with van der Waals surface area (Å²) in [5.41, 5.74) is 1.64.